The standard InChI is InChI=1S/C17H14FNO5/c1-23-17(22)13-4-2-3-5-14(13)19-15(20)10-24-16(21)11-6-8-12(18)9-7-11/h2-9H,10H2,1H3,(H,19,20). The van der Waals surface area contributed by atoms with Crippen LogP contribution >= 0.6 is 0 Å². The van der Waals surface area contributed by atoms with Crippen LogP contribution in [0.15, 0.2) is 48.5 Å². The van der Waals surface area contributed by atoms with Crippen LogP contribution in [0.25, 0.3) is 0 Å². The summed E-state index contributed by atoms with van der Waals surface area (Å²) in [7, 11) is 1.23. The van der Waals surface area contributed by atoms with E-state index in [9.17, 15) is 18.8 Å². The molecule has 0 fully saturated rings. The first-order chi connectivity index (χ1) is 11.5. The molecule has 2 aromatic rings. The fraction of sp³-hybridized carbons (Fsp3) is 0.118. The van der Waals surface area contributed by atoms with Crippen molar-refractivity contribution >= 4 is 23.5 Å². The van der Waals surface area contributed by atoms with Gasteiger partial charge in [-0.2, -0.15) is 0 Å². The first-order valence-corrected chi connectivity index (χ1v) is 6.91. The van der Waals surface area contributed by atoms with E-state index in [1.54, 1.807) is 12.1 Å². The minimum Gasteiger partial charge on any atom is -0.465 e. The largest absolute Gasteiger partial charge is 0.465 e. The van der Waals surface area contributed by atoms with Crippen LogP contribution in [-0.2, 0) is 14.3 Å². The molecule has 0 heterocycles. The smallest absolute Gasteiger partial charge is 0.339 e. The molecule has 7 heteroatoms. The molecule has 0 radical (unpaired) electrons. The van der Waals surface area contributed by atoms with E-state index in [2.05, 4.69) is 10.1 Å². The lowest BCUT2D eigenvalue weighted by Gasteiger charge is -2.10. The third kappa shape index (κ3) is 4.39. The average Bonchev–Trinajstić information content (AvgIpc) is 2.60. The van der Waals surface area contributed by atoms with Gasteiger partial charge < -0.3 is 14.8 Å². The fourth-order valence-electron chi connectivity index (χ4n) is 1.87. The van der Waals surface area contributed by atoms with Gasteiger partial charge in [0, 0.05) is 0 Å². The Labute approximate surface area is 137 Å². The number of carbonyl (C=O) groups is 3. The van der Waals surface area contributed by atoms with Crippen LogP contribution in [0.1, 0.15) is 20.7 Å². The molecule has 2 aromatic carbocycles. The molecule has 0 bridgehead atoms. The maximum atomic E-state index is 12.8. The third-order valence-electron chi connectivity index (χ3n) is 3.02. The van der Waals surface area contributed by atoms with Gasteiger partial charge in [0.25, 0.3) is 5.91 Å². The van der Waals surface area contributed by atoms with Gasteiger partial charge in [-0.25, -0.2) is 14.0 Å². The summed E-state index contributed by atoms with van der Waals surface area (Å²) in [4.78, 5) is 35.2. The number of nitrogens with one attached hydrogen (secondary N) is 1. The zero-order valence-corrected chi connectivity index (χ0v) is 12.7. The number of benzene rings is 2. The number of esters is 2. The minimum absolute atomic E-state index is 0.124. The predicted molar refractivity (Wildman–Crippen MR) is 83.1 cm³/mol. The van der Waals surface area contributed by atoms with E-state index in [4.69, 9.17) is 4.74 Å². The van der Waals surface area contributed by atoms with Crippen molar-refractivity contribution in [2.45, 2.75) is 0 Å². The Morgan fingerprint density at radius 1 is 1.00 bits per heavy atom. The van der Waals surface area contributed by atoms with E-state index in [1.165, 1.54) is 31.4 Å². The SMILES string of the molecule is COC(=O)c1ccccc1NC(=O)COC(=O)c1ccc(F)cc1. The van der Waals surface area contributed by atoms with Gasteiger partial charge in [0.15, 0.2) is 6.61 Å². The molecular formula is C17H14FNO5. The van der Waals surface area contributed by atoms with Crippen LogP contribution in [0.5, 0.6) is 0 Å². The van der Waals surface area contributed by atoms with E-state index < -0.39 is 30.3 Å². The number of hydrogen-bond acceptors (Lipinski definition) is 5. The van der Waals surface area contributed by atoms with Crippen molar-refractivity contribution in [3.05, 3.63) is 65.5 Å². The van der Waals surface area contributed by atoms with E-state index in [1.807, 2.05) is 0 Å². The third-order valence-corrected chi connectivity index (χ3v) is 3.02. The quantitative estimate of drug-likeness (QED) is 0.851. The molecule has 24 heavy (non-hydrogen) atoms. The molecule has 0 saturated carbocycles. The van der Waals surface area contributed by atoms with Gasteiger partial charge in [-0.05, 0) is 36.4 Å². The van der Waals surface area contributed by atoms with Crippen molar-refractivity contribution in [2.24, 2.45) is 0 Å². The van der Waals surface area contributed by atoms with Crippen molar-refractivity contribution < 1.29 is 28.2 Å². The number of carbonyl (C=O) groups excluding carboxylic acids is 3. The molecule has 0 spiro atoms. The lowest BCUT2D eigenvalue weighted by molar-refractivity contribution is -0.119. The Morgan fingerprint density at radius 3 is 2.33 bits per heavy atom. The van der Waals surface area contributed by atoms with E-state index in [0.717, 1.165) is 12.1 Å². The summed E-state index contributed by atoms with van der Waals surface area (Å²) in [6.07, 6.45) is 0. The molecule has 0 aromatic heterocycles. The summed E-state index contributed by atoms with van der Waals surface area (Å²) in [5.74, 6) is -2.47. The summed E-state index contributed by atoms with van der Waals surface area (Å²) in [6, 6.07) is 11.0. The molecule has 0 aliphatic carbocycles. The molecule has 1 N–H and O–H groups in total. The molecule has 124 valence electrons. The van der Waals surface area contributed by atoms with Gasteiger partial charge in [0.05, 0.1) is 23.9 Å². The second-order valence-electron chi connectivity index (χ2n) is 4.67. The zero-order valence-electron chi connectivity index (χ0n) is 12.7. The van der Waals surface area contributed by atoms with Gasteiger partial charge in [-0.3, -0.25) is 4.79 Å². The van der Waals surface area contributed by atoms with Crippen molar-refractivity contribution in [1.29, 1.82) is 0 Å². The van der Waals surface area contributed by atoms with E-state index in [-0.39, 0.29) is 16.8 Å². The maximum absolute atomic E-state index is 12.8. The van der Waals surface area contributed by atoms with Crippen molar-refractivity contribution in [3.8, 4) is 0 Å². The van der Waals surface area contributed by atoms with Crippen molar-refractivity contribution in [2.75, 3.05) is 19.0 Å². The van der Waals surface area contributed by atoms with E-state index >= 15 is 0 Å². The van der Waals surface area contributed by atoms with Crippen molar-refractivity contribution in [1.82, 2.24) is 0 Å². The highest BCUT2D eigenvalue weighted by atomic mass is 19.1. The highest BCUT2D eigenvalue weighted by Crippen LogP contribution is 2.16. The minimum atomic E-state index is -0.758. The summed E-state index contributed by atoms with van der Waals surface area (Å²) >= 11 is 0. The van der Waals surface area contributed by atoms with Crippen LogP contribution < -0.4 is 5.32 Å². The van der Waals surface area contributed by atoms with Gasteiger partial charge >= 0.3 is 11.9 Å². The molecular weight excluding hydrogens is 317 g/mol. The van der Waals surface area contributed by atoms with Crippen LogP contribution in [0, 0.1) is 5.82 Å². The highest BCUT2D eigenvalue weighted by Gasteiger charge is 2.15. The van der Waals surface area contributed by atoms with Crippen LogP contribution in [0.2, 0.25) is 0 Å². The molecule has 0 saturated heterocycles. The topological polar surface area (TPSA) is 81.7 Å². The number of rotatable bonds is 5. The van der Waals surface area contributed by atoms with Gasteiger partial charge in [0.2, 0.25) is 0 Å². The Bertz CT molecular complexity index is 758. The normalized spacial score (nSPS) is 9.92. The Balaban J connectivity index is 1.95. The summed E-state index contributed by atoms with van der Waals surface area (Å²) in [5.41, 5.74) is 0.546. The number of anilines is 1. The number of hydrogen-bond donors (Lipinski definition) is 1. The number of amides is 1. The summed E-state index contributed by atoms with van der Waals surface area (Å²) in [5, 5.41) is 2.46. The van der Waals surface area contributed by atoms with Crippen LogP contribution in [0.3, 0.4) is 0 Å². The molecule has 0 unspecified atom stereocenters. The van der Waals surface area contributed by atoms with Crippen LogP contribution in [0.4, 0.5) is 10.1 Å². The molecule has 0 aliphatic rings. The highest BCUT2D eigenvalue weighted by molar-refractivity contribution is 6.02. The molecule has 0 aliphatic heterocycles. The fourth-order valence-corrected chi connectivity index (χ4v) is 1.87. The van der Waals surface area contributed by atoms with Crippen molar-refractivity contribution in [3.63, 3.8) is 0 Å². The van der Waals surface area contributed by atoms with Gasteiger partial charge in [-0.1, -0.05) is 12.1 Å². The number of halogens is 1. The lowest BCUT2D eigenvalue weighted by Crippen LogP contribution is -2.22. The molecule has 1 amide bonds. The predicted octanol–water partition coefficient (Wildman–Crippen LogP) is 2.41. The average molecular weight is 331 g/mol. The first kappa shape index (κ1) is 17.1. The molecule has 6 nitrogen and oxygen atoms in total. The summed E-state index contributed by atoms with van der Waals surface area (Å²) < 4.78 is 22.2. The molecule has 2 rings (SSSR count). The number of methoxy groups -OCH3 is 1. The monoisotopic (exact) mass is 331 g/mol. The lowest BCUT2D eigenvalue weighted by atomic mass is 10.2. The number of ether oxygens (including phenoxy) is 2. The Kier molecular flexibility index (Phi) is 5.62. The first-order valence-electron chi connectivity index (χ1n) is 6.91. The molecule has 0 atom stereocenters. The van der Waals surface area contributed by atoms with Gasteiger partial charge in [-0.15, -0.1) is 0 Å². The van der Waals surface area contributed by atoms with Gasteiger partial charge in [0.1, 0.15) is 5.82 Å². The summed E-state index contributed by atoms with van der Waals surface area (Å²) in [6.45, 7) is -0.550. The second-order valence-corrected chi connectivity index (χ2v) is 4.67. The number of para-hydroxylation sites is 1. The van der Waals surface area contributed by atoms with E-state index in [0.29, 0.717) is 0 Å². The zero-order chi connectivity index (χ0) is 17.5. The Morgan fingerprint density at radius 2 is 1.67 bits per heavy atom. The second kappa shape index (κ2) is 7.87. The Hall–Kier alpha value is -3.22. The van der Waals surface area contributed by atoms with Crippen LogP contribution in [-0.4, -0.2) is 31.6 Å². The maximum Gasteiger partial charge on any atom is 0.339 e.